The number of nitrogens with two attached hydrogens (primary N) is 1. The average molecular weight is 213 g/mol. The number of hydrogen-bond donors (Lipinski definition) is 2. The second-order valence-corrected chi connectivity index (χ2v) is 3.47. The van der Waals surface area contributed by atoms with Crippen molar-refractivity contribution in [2.75, 3.05) is 6.61 Å². The van der Waals surface area contributed by atoms with Gasteiger partial charge in [-0.1, -0.05) is 11.6 Å². The predicted molar refractivity (Wildman–Crippen MR) is 58.2 cm³/mol. The highest BCUT2D eigenvalue weighted by molar-refractivity contribution is 6.30. The number of halogens is 1. The minimum atomic E-state index is 0.136. The molecule has 0 radical (unpaired) electrons. The molecule has 0 saturated heterocycles. The Bertz CT molecular complexity index is 339. The van der Waals surface area contributed by atoms with Crippen LogP contribution in [0.3, 0.4) is 0 Å². The van der Waals surface area contributed by atoms with Crippen molar-refractivity contribution in [3.8, 4) is 5.75 Å². The topological polar surface area (TPSA) is 59.1 Å². The first-order valence-electron chi connectivity index (χ1n) is 4.31. The Balaban J connectivity index is 2.55. The van der Waals surface area contributed by atoms with E-state index in [0.29, 0.717) is 18.1 Å². The average Bonchev–Trinajstić information content (AvgIpc) is 2.08. The molecule has 0 saturated carbocycles. The SMILES string of the molecule is Cc1cc(Cl)ccc1OCCC(=N)N. The zero-order valence-electron chi connectivity index (χ0n) is 8.01. The molecule has 14 heavy (non-hydrogen) atoms. The van der Waals surface area contributed by atoms with Gasteiger partial charge in [-0.25, -0.2) is 0 Å². The molecular weight excluding hydrogens is 200 g/mol. The van der Waals surface area contributed by atoms with E-state index in [2.05, 4.69) is 0 Å². The molecule has 0 fully saturated rings. The lowest BCUT2D eigenvalue weighted by atomic mass is 10.2. The first-order valence-corrected chi connectivity index (χ1v) is 4.69. The monoisotopic (exact) mass is 212 g/mol. The molecule has 1 aromatic carbocycles. The van der Waals surface area contributed by atoms with Gasteiger partial charge < -0.3 is 10.5 Å². The largest absolute Gasteiger partial charge is 0.493 e. The lowest BCUT2D eigenvalue weighted by Crippen LogP contribution is -2.13. The fraction of sp³-hybridized carbons (Fsp3) is 0.300. The molecule has 76 valence electrons. The molecule has 1 rings (SSSR count). The molecule has 4 heteroatoms. The predicted octanol–water partition coefficient (Wildman–Crippen LogP) is 2.35. The van der Waals surface area contributed by atoms with Crippen LogP contribution in [-0.4, -0.2) is 12.4 Å². The number of aryl methyl sites for hydroxylation is 1. The lowest BCUT2D eigenvalue weighted by Gasteiger charge is -2.08. The molecular formula is C10H13ClN2O. The molecule has 0 aliphatic heterocycles. The first-order chi connectivity index (χ1) is 6.59. The summed E-state index contributed by atoms with van der Waals surface area (Å²) in [6, 6.07) is 5.43. The van der Waals surface area contributed by atoms with Crippen molar-refractivity contribution in [1.82, 2.24) is 0 Å². The van der Waals surface area contributed by atoms with Crippen molar-refractivity contribution in [1.29, 1.82) is 5.41 Å². The molecule has 1 aromatic rings. The van der Waals surface area contributed by atoms with Gasteiger partial charge in [-0.15, -0.1) is 0 Å². The molecule has 0 aliphatic carbocycles. The van der Waals surface area contributed by atoms with Crippen LogP contribution in [0.5, 0.6) is 5.75 Å². The molecule has 0 atom stereocenters. The Hall–Kier alpha value is -1.22. The summed E-state index contributed by atoms with van der Waals surface area (Å²) in [5.41, 5.74) is 6.19. The van der Waals surface area contributed by atoms with E-state index in [9.17, 15) is 0 Å². The fourth-order valence-corrected chi connectivity index (χ4v) is 1.27. The van der Waals surface area contributed by atoms with Crippen LogP contribution in [0.25, 0.3) is 0 Å². The summed E-state index contributed by atoms with van der Waals surface area (Å²) < 4.78 is 5.42. The number of ether oxygens (including phenoxy) is 1. The Labute approximate surface area is 88.3 Å². The number of nitrogens with one attached hydrogen (secondary N) is 1. The Morgan fingerprint density at radius 2 is 2.29 bits per heavy atom. The molecule has 0 unspecified atom stereocenters. The van der Waals surface area contributed by atoms with Gasteiger partial charge in [0.25, 0.3) is 0 Å². The van der Waals surface area contributed by atoms with Crippen LogP contribution in [-0.2, 0) is 0 Å². The zero-order valence-corrected chi connectivity index (χ0v) is 8.77. The van der Waals surface area contributed by atoms with Gasteiger partial charge >= 0.3 is 0 Å². The van der Waals surface area contributed by atoms with Crippen LogP contribution >= 0.6 is 11.6 Å². The van der Waals surface area contributed by atoms with Gasteiger partial charge in [0.05, 0.1) is 12.4 Å². The molecule has 0 amide bonds. The normalized spacial score (nSPS) is 9.86. The van der Waals surface area contributed by atoms with Crippen LogP contribution in [0.1, 0.15) is 12.0 Å². The summed E-state index contributed by atoms with van der Waals surface area (Å²) in [5.74, 6) is 0.923. The number of benzene rings is 1. The number of rotatable bonds is 4. The van der Waals surface area contributed by atoms with Crippen molar-refractivity contribution in [3.63, 3.8) is 0 Å². The highest BCUT2D eigenvalue weighted by atomic mass is 35.5. The third-order valence-electron chi connectivity index (χ3n) is 1.77. The van der Waals surface area contributed by atoms with E-state index in [1.807, 2.05) is 19.1 Å². The van der Waals surface area contributed by atoms with Gasteiger partial charge in [0.2, 0.25) is 0 Å². The Morgan fingerprint density at radius 3 is 2.86 bits per heavy atom. The quantitative estimate of drug-likeness (QED) is 0.595. The van der Waals surface area contributed by atoms with E-state index in [0.717, 1.165) is 11.3 Å². The second-order valence-electron chi connectivity index (χ2n) is 3.03. The van der Waals surface area contributed by atoms with Crippen LogP contribution in [0.2, 0.25) is 5.02 Å². The maximum Gasteiger partial charge on any atom is 0.122 e. The van der Waals surface area contributed by atoms with Gasteiger partial charge in [0.15, 0.2) is 0 Å². The van der Waals surface area contributed by atoms with Crippen LogP contribution in [0, 0.1) is 12.3 Å². The molecule has 3 N–H and O–H groups in total. The Kier molecular flexibility index (Phi) is 3.77. The summed E-state index contributed by atoms with van der Waals surface area (Å²) in [6.07, 6.45) is 0.446. The van der Waals surface area contributed by atoms with Crippen molar-refractivity contribution < 1.29 is 4.74 Å². The third kappa shape index (κ3) is 3.26. The maximum atomic E-state index is 7.02. The minimum Gasteiger partial charge on any atom is -0.493 e. The zero-order chi connectivity index (χ0) is 10.6. The molecule has 0 heterocycles. The molecule has 3 nitrogen and oxygen atoms in total. The fourth-order valence-electron chi connectivity index (χ4n) is 1.05. The summed E-state index contributed by atoms with van der Waals surface area (Å²) in [5, 5.41) is 7.72. The number of hydrogen-bond acceptors (Lipinski definition) is 2. The highest BCUT2D eigenvalue weighted by Crippen LogP contribution is 2.21. The summed E-state index contributed by atoms with van der Waals surface area (Å²) in [7, 11) is 0. The summed E-state index contributed by atoms with van der Waals surface area (Å²) >= 11 is 5.79. The van der Waals surface area contributed by atoms with E-state index >= 15 is 0 Å². The Morgan fingerprint density at radius 1 is 1.57 bits per heavy atom. The van der Waals surface area contributed by atoms with E-state index in [1.54, 1.807) is 6.07 Å². The molecule has 0 spiro atoms. The van der Waals surface area contributed by atoms with Crippen LogP contribution in [0.15, 0.2) is 18.2 Å². The van der Waals surface area contributed by atoms with Gasteiger partial charge in [0, 0.05) is 11.4 Å². The van der Waals surface area contributed by atoms with Gasteiger partial charge in [-0.3, -0.25) is 5.41 Å². The van der Waals surface area contributed by atoms with Gasteiger partial charge in [-0.2, -0.15) is 0 Å². The second kappa shape index (κ2) is 4.86. The molecule has 0 aromatic heterocycles. The first kappa shape index (κ1) is 10.9. The highest BCUT2D eigenvalue weighted by Gasteiger charge is 2.00. The standard InChI is InChI=1S/C10H13ClN2O/c1-7-6-8(11)2-3-9(7)14-5-4-10(12)13/h2-3,6H,4-5H2,1H3,(H3,12,13). The summed E-state index contributed by atoms with van der Waals surface area (Å²) in [4.78, 5) is 0. The summed E-state index contributed by atoms with van der Waals surface area (Å²) in [6.45, 7) is 2.35. The third-order valence-corrected chi connectivity index (χ3v) is 2.00. The smallest absolute Gasteiger partial charge is 0.122 e. The van der Waals surface area contributed by atoms with Gasteiger partial charge in [-0.05, 0) is 30.7 Å². The van der Waals surface area contributed by atoms with Crippen LogP contribution in [0.4, 0.5) is 0 Å². The van der Waals surface area contributed by atoms with E-state index in [4.69, 9.17) is 27.5 Å². The van der Waals surface area contributed by atoms with E-state index < -0.39 is 0 Å². The van der Waals surface area contributed by atoms with Crippen molar-refractivity contribution >= 4 is 17.4 Å². The maximum absolute atomic E-state index is 7.02. The minimum absolute atomic E-state index is 0.136. The van der Waals surface area contributed by atoms with E-state index in [-0.39, 0.29) is 5.84 Å². The molecule has 0 bridgehead atoms. The van der Waals surface area contributed by atoms with Crippen molar-refractivity contribution in [2.45, 2.75) is 13.3 Å². The van der Waals surface area contributed by atoms with Gasteiger partial charge in [0.1, 0.15) is 5.75 Å². The number of amidine groups is 1. The molecule has 0 aliphatic rings. The van der Waals surface area contributed by atoms with Crippen molar-refractivity contribution in [3.05, 3.63) is 28.8 Å². The van der Waals surface area contributed by atoms with Crippen LogP contribution < -0.4 is 10.5 Å². The lowest BCUT2D eigenvalue weighted by molar-refractivity contribution is 0.326. The van der Waals surface area contributed by atoms with Crippen molar-refractivity contribution in [2.24, 2.45) is 5.73 Å². The van der Waals surface area contributed by atoms with E-state index in [1.165, 1.54) is 0 Å².